The maximum Gasteiger partial charge on any atom is 0.407 e. The zero-order valence-corrected chi connectivity index (χ0v) is 30.7. The average Bonchev–Trinajstić information content (AvgIpc) is 3.83. The van der Waals surface area contributed by atoms with E-state index in [1.54, 1.807) is 13.0 Å². The molecule has 4 rings (SSSR count). The topological polar surface area (TPSA) is 149 Å². The predicted octanol–water partition coefficient (Wildman–Crippen LogP) is 4.50. The molecule has 0 bridgehead atoms. The molecule has 276 valence electrons. The third kappa shape index (κ3) is 9.21. The summed E-state index contributed by atoms with van der Waals surface area (Å²) in [7, 11) is 3.05. The number of hydrogen-bond donors (Lipinski definition) is 1. The first kappa shape index (κ1) is 39.2. The quantitative estimate of drug-likeness (QED) is 0.142. The molecule has 0 heterocycles. The molecule has 12 heteroatoms. The second-order valence-electron chi connectivity index (χ2n) is 13.3. The Morgan fingerprint density at radius 2 is 1.18 bits per heavy atom. The van der Waals surface area contributed by atoms with Crippen molar-refractivity contribution in [1.82, 2.24) is 15.1 Å². The number of fused-ring (bicyclic) bond motifs is 2. The van der Waals surface area contributed by atoms with Crippen molar-refractivity contribution in [2.45, 2.75) is 91.1 Å². The molecule has 2 aromatic rings. The van der Waals surface area contributed by atoms with Crippen molar-refractivity contribution < 1.29 is 43.0 Å². The van der Waals surface area contributed by atoms with Crippen LogP contribution in [-0.4, -0.2) is 104 Å². The van der Waals surface area contributed by atoms with Crippen molar-refractivity contribution in [3.8, 4) is 11.1 Å². The van der Waals surface area contributed by atoms with Crippen molar-refractivity contribution in [3.63, 3.8) is 0 Å². The van der Waals surface area contributed by atoms with Crippen LogP contribution in [0.3, 0.4) is 0 Å². The van der Waals surface area contributed by atoms with Gasteiger partial charge in [-0.2, -0.15) is 0 Å². The summed E-state index contributed by atoms with van der Waals surface area (Å²) in [5.74, 6) is -2.14. The number of Topliss-reactive ketones (excluding diaryl/α,β-unsaturated/α-hetero) is 2. The Labute approximate surface area is 300 Å². The molecule has 12 nitrogen and oxygen atoms in total. The average molecular weight is 706 g/mol. The molecule has 0 radical (unpaired) electrons. The summed E-state index contributed by atoms with van der Waals surface area (Å²) in [6, 6.07) is 6.15. The second kappa shape index (κ2) is 18.1. The van der Waals surface area contributed by atoms with Gasteiger partial charge in [-0.1, -0.05) is 38.1 Å². The zero-order chi connectivity index (χ0) is 37.2. The first-order valence-electron chi connectivity index (χ1n) is 17.9. The first-order valence-corrected chi connectivity index (χ1v) is 17.9. The van der Waals surface area contributed by atoms with E-state index in [0.717, 1.165) is 84.9 Å². The van der Waals surface area contributed by atoms with Crippen LogP contribution in [0.4, 0.5) is 4.79 Å². The van der Waals surface area contributed by atoms with Crippen LogP contribution in [0.1, 0.15) is 96.3 Å². The molecule has 0 aromatic heterocycles. The lowest BCUT2D eigenvalue weighted by Crippen LogP contribution is -2.48. The van der Waals surface area contributed by atoms with Gasteiger partial charge in [-0.3, -0.25) is 24.1 Å². The Morgan fingerprint density at radius 1 is 0.706 bits per heavy atom. The number of alkyl carbamates (subject to hydrolysis) is 1. The number of amides is 2. The second-order valence-corrected chi connectivity index (χ2v) is 13.3. The summed E-state index contributed by atoms with van der Waals surface area (Å²) in [4.78, 5) is 79.7. The molecule has 2 atom stereocenters. The smallest absolute Gasteiger partial charge is 0.407 e. The fourth-order valence-electron chi connectivity index (χ4n) is 7.06. The molecule has 1 unspecified atom stereocenters. The van der Waals surface area contributed by atoms with E-state index in [-0.39, 0.29) is 31.3 Å². The minimum Gasteiger partial charge on any atom is -0.456 e. The number of ketones is 2. The molecule has 2 aliphatic carbocycles. The maximum absolute atomic E-state index is 13.5. The lowest BCUT2D eigenvalue weighted by molar-refractivity contribution is -0.153. The van der Waals surface area contributed by atoms with Gasteiger partial charge < -0.3 is 24.4 Å². The van der Waals surface area contributed by atoms with Gasteiger partial charge in [0.25, 0.3) is 0 Å². The summed E-state index contributed by atoms with van der Waals surface area (Å²) < 4.78 is 15.4. The van der Waals surface area contributed by atoms with E-state index < -0.39 is 42.6 Å². The highest BCUT2D eigenvalue weighted by molar-refractivity contribution is 6.02. The van der Waals surface area contributed by atoms with Crippen molar-refractivity contribution in [3.05, 3.63) is 57.6 Å². The van der Waals surface area contributed by atoms with E-state index in [9.17, 15) is 28.8 Å². The minimum atomic E-state index is -0.960. The van der Waals surface area contributed by atoms with Gasteiger partial charge in [-0.15, -0.1) is 0 Å². The number of nitrogens with one attached hydrogen (secondary N) is 1. The van der Waals surface area contributed by atoms with Gasteiger partial charge in [0.1, 0.15) is 18.6 Å². The lowest BCUT2D eigenvalue weighted by Gasteiger charge is -2.27. The maximum atomic E-state index is 13.5. The zero-order valence-electron chi connectivity index (χ0n) is 30.7. The Kier molecular flexibility index (Phi) is 13.9. The number of carbonyl (C=O) groups excluding carboxylic acids is 6. The minimum absolute atomic E-state index is 0.214. The van der Waals surface area contributed by atoms with Gasteiger partial charge in [0.15, 0.2) is 13.2 Å². The number of likely N-dealkylation sites (N-methyl/N-ethyl adjacent to an activating group) is 1. The Bertz CT molecular complexity index is 1650. The van der Waals surface area contributed by atoms with Crippen LogP contribution in [0.5, 0.6) is 0 Å². The number of rotatable bonds is 17. The highest BCUT2D eigenvalue weighted by Crippen LogP contribution is 2.40. The van der Waals surface area contributed by atoms with Crippen molar-refractivity contribution >= 4 is 35.5 Å². The Balaban J connectivity index is 1.47. The van der Waals surface area contributed by atoms with E-state index >= 15 is 0 Å². The number of hydrogen-bond acceptors (Lipinski definition) is 10. The van der Waals surface area contributed by atoms with E-state index in [2.05, 4.69) is 10.1 Å². The molecule has 2 amide bonds. The molecule has 0 saturated carbocycles. The highest BCUT2D eigenvalue weighted by Gasteiger charge is 2.30. The van der Waals surface area contributed by atoms with Gasteiger partial charge in [-0.05, 0) is 112 Å². The number of methoxy groups -OCH3 is 1. The number of carbonyl (C=O) groups is 6. The van der Waals surface area contributed by atoms with Crippen molar-refractivity contribution in [1.29, 1.82) is 0 Å². The summed E-state index contributed by atoms with van der Waals surface area (Å²) >= 11 is 0. The van der Waals surface area contributed by atoms with Gasteiger partial charge in [-0.25, -0.2) is 9.59 Å². The van der Waals surface area contributed by atoms with Crippen molar-refractivity contribution in [2.24, 2.45) is 0 Å². The van der Waals surface area contributed by atoms with Gasteiger partial charge in [0, 0.05) is 17.7 Å². The molecular formula is C39H51N3O9. The molecule has 2 aliphatic rings. The summed E-state index contributed by atoms with van der Waals surface area (Å²) in [6.45, 7) is 7.13. The number of nitrogens with zero attached hydrogens (tertiary/aromatic N) is 2. The van der Waals surface area contributed by atoms with Crippen LogP contribution in [0.15, 0.2) is 24.3 Å². The third-order valence-electron chi connectivity index (χ3n) is 9.89. The molecule has 51 heavy (non-hydrogen) atoms. The number of esters is 2. The molecule has 0 saturated heterocycles. The third-order valence-corrected chi connectivity index (χ3v) is 9.89. The standard InChI is InChI=1S/C39H51N3O9/c1-7-19-41(5)24(3)37(46)50-22-34(43)32-17-15-30(26-11-9-13-28(26)32)31-16-18-33(29-14-10-12-27(29)31)35(44)23-51-38(47)25(4)42(20-8-2)36(45)21-40-39(48)49-6/h15-18,24-25H,7-14,19-23H2,1-6H3,(H,40,48)/t24?,25-/m1/s1. The number of ether oxygens (including phenoxy) is 3. The van der Waals surface area contributed by atoms with Crippen LogP contribution in [0.2, 0.25) is 0 Å². The van der Waals surface area contributed by atoms with E-state index in [4.69, 9.17) is 9.47 Å². The Hall–Kier alpha value is -4.58. The van der Waals surface area contributed by atoms with Crippen LogP contribution in [-0.2, 0) is 54.3 Å². The van der Waals surface area contributed by atoms with Crippen LogP contribution in [0, 0.1) is 0 Å². The van der Waals surface area contributed by atoms with Crippen molar-refractivity contribution in [2.75, 3.05) is 47.0 Å². The van der Waals surface area contributed by atoms with Gasteiger partial charge in [0.05, 0.1) is 7.11 Å². The fraction of sp³-hybridized carbons (Fsp3) is 0.538. The van der Waals surface area contributed by atoms with Crippen LogP contribution >= 0.6 is 0 Å². The highest BCUT2D eigenvalue weighted by atomic mass is 16.5. The number of benzene rings is 2. The summed E-state index contributed by atoms with van der Waals surface area (Å²) in [5.41, 5.74) is 7.33. The first-order chi connectivity index (χ1) is 24.4. The largest absolute Gasteiger partial charge is 0.456 e. The van der Waals surface area contributed by atoms with Crippen LogP contribution < -0.4 is 5.32 Å². The molecular weight excluding hydrogens is 654 g/mol. The predicted molar refractivity (Wildman–Crippen MR) is 191 cm³/mol. The summed E-state index contributed by atoms with van der Waals surface area (Å²) in [6.07, 6.45) is 5.63. The van der Waals surface area contributed by atoms with Crippen LogP contribution in [0.25, 0.3) is 11.1 Å². The van der Waals surface area contributed by atoms with E-state index in [1.807, 2.05) is 44.0 Å². The Morgan fingerprint density at radius 3 is 1.65 bits per heavy atom. The van der Waals surface area contributed by atoms with Gasteiger partial charge >= 0.3 is 18.0 Å². The summed E-state index contributed by atoms with van der Waals surface area (Å²) in [5, 5.41) is 2.33. The molecule has 0 spiro atoms. The van der Waals surface area contributed by atoms with E-state index in [1.165, 1.54) is 18.9 Å². The van der Waals surface area contributed by atoms with E-state index in [0.29, 0.717) is 17.5 Å². The van der Waals surface area contributed by atoms with Gasteiger partial charge in [0.2, 0.25) is 17.5 Å². The molecule has 0 aliphatic heterocycles. The molecule has 0 fully saturated rings. The monoisotopic (exact) mass is 705 g/mol. The fourth-order valence-corrected chi connectivity index (χ4v) is 7.06. The normalized spacial score (nSPS) is 14.3. The lowest BCUT2D eigenvalue weighted by atomic mass is 9.87. The molecule has 1 N–H and O–H groups in total. The molecule has 2 aromatic carbocycles. The SMILES string of the molecule is CCCN(C)C(C)C(=O)OCC(=O)c1ccc(-c2ccc(C(=O)COC(=O)[C@@H](C)N(CCC)C(=O)CNC(=O)OC)c3c2CCC3)c2c1CCC2.